The van der Waals surface area contributed by atoms with Gasteiger partial charge in [0.25, 0.3) is 5.56 Å². The van der Waals surface area contributed by atoms with Crippen LogP contribution in [0.3, 0.4) is 0 Å². The van der Waals surface area contributed by atoms with E-state index < -0.39 is 17.6 Å². The second kappa shape index (κ2) is 7.79. The van der Waals surface area contributed by atoms with E-state index in [1.165, 1.54) is 10.6 Å². The topological polar surface area (TPSA) is 72.1 Å². The second-order valence-corrected chi connectivity index (χ2v) is 6.06. The number of esters is 1. The van der Waals surface area contributed by atoms with Crippen molar-refractivity contribution in [2.45, 2.75) is 53.0 Å². The van der Waals surface area contributed by atoms with E-state index in [4.69, 9.17) is 10.00 Å². The monoisotopic (exact) mass is 304 g/mol. The van der Waals surface area contributed by atoms with E-state index in [0.29, 0.717) is 13.0 Å². The number of nitriles is 1. The molecule has 5 nitrogen and oxygen atoms in total. The molecule has 1 rings (SSSR count). The number of ether oxygens (including phenoxy) is 1. The zero-order valence-electron chi connectivity index (χ0n) is 13.9. The molecule has 0 fully saturated rings. The van der Waals surface area contributed by atoms with Crippen LogP contribution < -0.4 is 5.56 Å². The van der Waals surface area contributed by atoms with Gasteiger partial charge >= 0.3 is 5.97 Å². The van der Waals surface area contributed by atoms with E-state index in [2.05, 4.69) is 0 Å². The van der Waals surface area contributed by atoms with Crippen molar-refractivity contribution in [3.05, 3.63) is 33.7 Å². The Labute approximate surface area is 131 Å². The first-order valence-corrected chi connectivity index (χ1v) is 7.65. The zero-order chi connectivity index (χ0) is 16.9. The minimum absolute atomic E-state index is 0.0412. The second-order valence-electron chi connectivity index (χ2n) is 6.06. The molecule has 0 spiro atoms. The Bertz CT molecular complexity index is 624. The summed E-state index contributed by atoms with van der Waals surface area (Å²) in [6.45, 7) is 9.95. The molecule has 0 aliphatic rings. The van der Waals surface area contributed by atoms with Gasteiger partial charge in [0, 0.05) is 5.69 Å². The number of pyridine rings is 1. The predicted molar refractivity (Wildman–Crippen MR) is 84.6 cm³/mol. The van der Waals surface area contributed by atoms with Gasteiger partial charge in [0.1, 0.15) is 17.7 Å². The third kappa shape index (κ3) is 3.97. The molecule has 0 saturated heterocycles. The van der Waals surface area contributed by atoms with Crippen LogP contribution in [0, 0.1) is 17.2 Å². The number of hydrogen-bond donors (Lipinski definition) is 0. The molecule has 5 heteroatoms. The lowest BCUT2D eigenvalue weighted by atomic mass is 10.1. The molecule has 0 aromatic carbocycles. The Hall–Kier alpha value is -2.09. The molecule has 1 aromatic heterocycles. The van der Waals surface area contributed by atoms with Gasteiger partial charge < -0.3 is 4.74 Å². The van der Waals surface area contributed by atoms with Crippen molar-refractivity contribution in [2.24, 2.45) is 5.92 Å². The van der Waals surface area contributed by atoms with Crippen LogP contribution in [-0.2, 0) is 9.53 Å². The van der Waals surface area contributed by atoms with Crippen molar-refractivity contribution in [1.82, 2.24) is 4.57 Å². The average molecular weight is 304 g/mol. The smallest absolute Gasteiger partial charge is 0.329 e. The maximum atomic E-state index is 12.5. The summed E-state index contributed by atoms with van der Waals surface area (Å²) < 4.78 is 6.72. The van der Waals surface area contributed by atoms with Crippen molar-refractivity contribution in [3.63, 3.8) is 0 Å². The quantitative estimate of drug-likeness (QED) is 0.757. The Morgan fingerprint density at radius 2 is 1.95 bits per heavy atom. The fourth-order valence-electron chi connectivity index (χ4n) is 2.24. The van der Waals surface area contributed by atoms with Crippen molar-refractivity contribution < 1.29 is 9.53 Å². The molecule has 1 atom stereocenters. The van der Waals surface area contributed by atoms with Gasteiger partial charge in [-0.1, -0.05) is 34.6 Å². The van der Waals surface area contributed by atoms with E-state index in [1.807, 2.05) is 40.7 Å². The largest absolute Gasteiger partial charge is 0.464 e. The highest BCUT2D eigenvalue weighted by molar-refractivity contribution is 5.74. The Balaban J connectivity index is 3.34. The highest BCUT2D eigenvalue weighted by atomic mass is 16.5. The molecule has 120 valence electrons. The van der Waals surface area contributed by atoms with E-state index in [-0.39, 0.29) is 17.4 Å². The van der Waals surface area contributed by atoms with Crippen molar-refractivity contribution in [3.8, 4) is 6.07 Å². The van der Waals surface area contributed by atoms with Gasteiger partial charge in [0.15, 0.2) is 0 Å². The maximum Gasteiger partial charge on any atom is 0.329 e. The standard InChI is InChI=1S/C17H24N2O3/c1-6-14(17(21)22-10-11(2)3)19-15(12(4)5)8-7-13(9-18)16(19)20/h7-8,11-12,14H,6,10H2,1-5H3. The molecule has 0 aliphatic carbocycles. The molecule has 0 saturated carbocycles. The molecule has 0 radical (unpaired) electrons. The van der Waals surface area contributed by atoms with Gasteiger partial charge in [-0.3, -0.25) is 9.36 Å². The van der Waals surface area contributed by atoms with Gasteiger partial charge in [-0.2, -0.15) is 5.26 Å². The predicted octanol–water partition coefficient (Wildman–Crippen LogP) is 2.99. The first-order chi connectivity index (χ1) is 10.3. The number of aromatic nitrogens is 1. The van der Waals surface area contributed by atoms with Gasteiger partial charge in [-0.25, -0.2) is 4.79 Å². The molecule has 1 unspecified atom stereocenters. The van der Waals surface area contributed by atoms with Gasteiger partial charge in [-0.15, -0.1) is 0 Å². The molecule has 22 heavy (non-hydrogen) atoms. The van der Waals surface area contributed by atoms with Crippen molar-refractivity contribution in [1.29, 1.82) is 5.26 Å². The number of rotatable bonds is 6. The molecule has 0 amide bonds. The fourth-order valence-corrected chi connectivity index (χ4v) is 2.24. The molecule has 0 bridgehead atoms. The SMILES string of the molecule is CCC(C(=O)OCC(C)C)n1c(C(C)C)ccc(C#N)c1=O. The normalized spacial score (nSPS) is 12.3. The molecular formula is C17H24N2O3. The first kappa shape index (κ1) is 18.0. The third-order valence-corrected chi connectivity index (χ3v) is 3.39. The summed E-state index contributed by atoms with van der Waals surface area (Å²) in [6.07, 6.45) is 0.436. The number of hydrogen-bond acceptors (Lipinski definition) is 4. The summed E-state index contributed by atoms with van der Waals surface area (Å²) in [4.78, 5) is 24.8. The number of carbonyl (C=O) groups excluding carboxylic acids is 1. The lowest BCUT2D eigenvalue weighted by Crippen LogP contribution is -2.35. The summed E-state index contributed by atoms with van der Waals surface area (Å²) in [5, 5.41) is 9.06. The molecule has 0 N–H and O–H groups in total. The maximum absolute atomic E-state index is 12.5. The summed E-state index contributed by atoms with van der Waals surface area (Å²) >= 11 is 0. The molecular weight excluding hydrogens is 280 g/mol. The van der Waals surface area contributed by atoms with E-state index in [1.54, 1.807) is 6.07 Å². The summed E-state index contributed by atoms with van der Waals surface area (Å²) in [5.74, 6) is -0.129. The van der Waals surface area contributed by atoms with Crippen LogP contribution in [0.4, 0.5) is 0 Å². The van der Waals surface area contributed by atoms with Crippen LogP contribution in [0.5, 0.6) is 0 Å². The molecule has 0 aliphatic heterocycles. The lowest BCUT2D eigenvalue weighted by molar-refractivity contribution is -0.149. The zero-order valence-corrected chi connectivity index (χ0v) is 13.9. The lowest BCUT2D eigenvalue weighted by Gasteiger charge is -2.23. The van der Waals surface area contributed by atoms with Crippen LogP contribution in [0.2, 0.25) is 0 Å². The van der Waals surface area contributed by atoms with Crippen LogP contribution in [0.15, 0.2) is 16.9 Å². The van der Waals surface area contributed by atoms with Crippen LogP contribution >= 0.6 is 0 Å². The molecule has 1 heterocycles. The van der Waals surface area contributed by atoms with E-state index in [9.17, 15) is 9.59 Å². The van der Waals surface area contributed by atoms with Gasteiger partial charge in [0.05, 0.1) is 6.61 Å². The van der Waals surface area contributed by atoms with Gasteiger partial charge in [-0.05, 0) is 30.4 Å². The van der Waals surface area contributed by atoms with Crippen molar-refractivity contribution in [2.75, 3.05) is 6.61 Å². The summed E-state index contributed by atoms with van der Waals surface area (Å²) in [7, 11) is 0. The average Bonchev–Trinajstić information content (AvgIpc) is 2.46. The van der Waals surface area contributed by atoms with E-state index in [0.717, 1.165) is 5.69 Å². The minimum Gasteiger partial charge on any atom is -0.464 e. The summed E-state index contributed by atoms with van der Waals surface area (Å²) in [5.41, 5.74) is 0.346. The number of carbonyl (C=O) groups is 1. The Morgan fingerprint density at radius 3 is 2.41 bits per heavy atom. The van der Waals surface area contributed by atoms with Gasteiger partial charge in [0.2, 0.25) is 0 Å². The Kier molecular flexibility index (Phi) is 6.36. The minimum atomic E-state index is -0.697. The fraction of sp³-hybridized carbons (Fsp3) is 0.588. The van der Waals surface area contributed by atoms with Crippen LogP contribution in [-0.4, -0.2) is 17.1 Å². The van der Waals surface area contributed by atoms with Crippen molar-refractivity contribution >= 4 is 5.97 Å². The van der Waals surface area contributed by atoms with Crippen LogP contribution in [0.25, 0.3) is 0 Å². The number of nitrogens with zero attached hydrogens (tertiary/aromatic N) is 2. The Morgan fingerprint density at radius 1 is 1.32 bits per heavy atom. The van der Waals surface area contributed by atoms with Crippen LogP contribution in [0.1, 0.15) is 64.3 Å². The highest BCUT2D eigenvalue weighted by Gasteiger charge is 2.25. The summed E-state index contributed by atoms with van der Waals surface area (Å²) in [6, 6.07) is 4.44. The first-order valence-electron chi connectivity index (χ1n) is 7.65. The van der Waals surface area contributed by atoms with E-state index >= 15 is 0 Å². The highest BCUT2D eigenvalue weighted by Crippen LogP contribution is 2.21. The third-order valence-electron chi connectivity index (χ3n) is 3.39. The molecule has 1 aromatic rings.